The van der Waals surface area contributed by atoms with Gasteiger partial charge >= 0.3 is 0 Å². The molecule has 0 fully saturated rings. The van der Waals surface area contributed by atoms with Crippen molar-refractivity contribution in [2.75, 3.05) is 13.7 Å². The zero-order valence-electron chi connectivity index (χ0n) is 11.7. The van der Waals surface area contributed by atoms with Crippen molar-refractivity contribution in [3.63, 3.8) is 0 Å². The third-order valence-electron chi connectivity index (χ3n) is 3.02. The van der Waals surface area contributed by atoms with Gasteiger partial charge in [0.05, 0.1) is 17.6 Å². The van der Waals surface area contributed by atoms with E-state index in [1.807, 2.05) is 24.4 Å². The quantitative estimate of drug-likeness (QED) is 0.722. The highest BCUT2D eigenvalue weighted by Gasteiger charge is 2.20. The van der Waals surface area contributed by atoms with Crippen molar-refractivity contribution in [1.82, 2.24) is 10.3 Å². The fraction of sp³-hybridized carbons (Fsp3) is 0.267. The van der Waals surface area contributed by atoms with Crippen LogP contribution in [0, 0.1) is 0 Å². The van der Waals surface area contributed by atoms with Gasteiger partial charge in [0, 0.05) is 27.5 Å². The Bertz CT molecular complexity index is 637. The summed E-state index contributed by atoms with van der Waals surface area (Å²) < 4.78 is 7.30. The van der Waals surface area contributed by atoms with Gasteiger partial charge in [0.1, 0.15) is 5.75 Å². The number of nitrogens with one attached hydrogen (secondary N) is 1. The first kappa shape index (κ1) is 16.7. The summed E-state index contributed by atoms with van der Waals surface area (Å²) in [7, 11) is 1.65. The maximum atomic E-state index is 6.20. The third kappa shape index (κ3) is 3.97. The Morgan fingerprint density at radius 2 is 2.05 bits per heavy atom. The maximum Gasteiger partial charge on any atom is 0.138 e. The number of halogens is 3. The van der Waals surface area contributed by atoms with Crippen LogP contribution in [0.15, 0.2) is 39.5 Å². The summed E-state index contributed by atoms with van der Waals surface area (Å²) in [6.45, 7) is 2.87. The number of rotatable bonds is 5. The number of benzene rings is 1. The molecular formula is C15H15Br2ClN2O. The van der Waals surface area contributed by atoms with Crippen molar-refractivity contribution < 1.29 is 4.74 Å². The smallest absolute Gasteiger partial charge is 0.138 e. The van der Waals surface area contributed by atoms with E-state index in [0.29, 0.717) is 5.02 Å². The number of aromatic nitrogens is 1. The lowest BCUT2D eigenvalue weighted by Gasteiger charge is -2.22. The Morgan fingerprint density at radius 3 is 2.67 bits per heavy atom. The van der Waals surface area contributed by atoms with E-state index in [-0.39, 0.29) is 6.04 Å². The summed E-state index contributed by atoms with van der Waals surface area (Å²) >= 11 is 13.2. The summed E-state index contributed by atoms with van der Waals surface area (Å²) in [5.74, 6) is 0.769. The zero-order chi connectivity index (χ0) is 15.4. The molecule has 112 valence electrons. The lowest BCUT2D eigenvalue weighted by molar-refractivity contribution is 0.401. The van der Waals surface area contributed by atoms with Gasteiger partial charge in [-0.1, -0.05) is 18.5 Å². The number of nitrogens with zero attached hydrogens (tertiary/aromatic N) is 1. The van der Waals surface area contributed by atoms with E-state index in [4.69, 9.17) is 16.3 Å². The molecule has 0 aliphatic rings. The van der Waals surface area contributed by atoms with Gasteiger partial charge in [-0.2, -0.15) is 0 Å². The molecular weight excluding hydrogens is 419 g/mol. The molecule has 0 aliphatic heterocycles. The van der Waals surface area contributed by atoms with E-state index < -0.39 is 0 Å². The lowest BCUT2D eigenvalue weighted by atomic mass is 9.99. The predicted octanol–water partition coefficient (Wildman–Crippen LogP) is 4.97. The minimum Gasteiger partial charge on any atom is -0.495 e. The molecule has 0 saturated heterocycles. The fourth-order valence-corrected chi connectivity index (χ4v) is 3.59. The maximum absolute atomic E-state index is 6.20. The third-order valence-corrected chi connectivity index (χ3v) is 4.26. The topological polar surface area (TPSA) is 34.2 Å². The molecule has 0 bridgehead atoms. The van der Waals surface area contributed by atoms with Crippen LogP contribution in [0.5, 0.6) is 5.75 Å². The fourth-order valence-electron chi connectivity index (χ4n) is 2.21. The van der Waals surface area contributed by atoms with Gasteiger partial charge in [-0.3, -0.25) is 4.98 Å². The van der Waals surface area contributed by atoms with E-state index >= 15 is 0 Å². The van der Waals surface area contributed by atoms with Gasteiger partial charge in [-0.05, 0) is 62.2 Å². The second-order valence-electron chi connectivity index (χ2n) is 4.44. The van der Waals surface area contributed by atoms with Gasteiger partial charge < -0.3 is 10.1 Å². The van der Waals surface area contributed by atoms with Crippen LogP contribution in [-0.4, -0.2) is 18.6 Å². The second-order valence-corrected chi connectivity index (χ2v) is 6.64. The van der Waals surface area contributed by atoms with Crippen molar-refractivity contribution >= 4 is 43.5 Å². The van der Waals surface area contributed by atoms with E-state index in [2.05, 4.69) is 49.1 Å². The van der Waals surface area contributed by atoms with Crippen molar-refractivity contribution in [2.45, 2.75) is 13.0 Å². The largest absolute Gasteiger partial charge is 0.495 e. The molecule has 0 saturated carbocycles. The summed E-state index contributed by atoms with van der Waals surface area (Å²) in [4.78, 5) is 4.24. The highest BCUT2D eigenvalue weighted by atomic mass is 79.9. The first-order valence-electron chi connectivity index (χ1n) is 6.43. The molecule has 0 radical (unpaired) electrons. The number of hydrogen-bond donors (Lipinski definition) is 1. The molecule has 0 amide bonds. The summed E-state index contributed by atoms with van der Waals surface area (Å²) in [6, 6.07) is 5.73. The molecule has 6 heteroatoms. The summed E-state index contributed by atoms with van der Waals surface area (Å²) in [5, 5.41) is 4.11. The Labute approximate surface area is 146 Å². The van der Waals surface area contributed by atoms with Gasteiger partial charge in [-0.15, -0.1) is 0 Å². The molecule has 21 heavy (non-hydrogen) atoms. The number of hydrogen-bond acceptors (Lipinski definition) is 3. The van der Waals surface area contributed by atoms with Gasteiger partial charge in [0.2, 0.25) is 0 Å². The molecule has 2 rings (SSSR count). The second kappa shape index (κ2) is 7.58. The van der Waals surface area contributed by atoms with Crippen molar-refractivity contribution in [2.24, 2.45) is 0 Å². The number of methoxy groups -OCH3 is 1. The van der Waals surface area contributed by atoms with Crippen LogP contribution in [0.3, 0.4) is 0 Å². The first-order chi connectivity index (χ1) is 10.1. The Morgan fingerprint density at radius 1 is 1.29 bits per heavy atom. The van der Waals surface area contributed by atoms with Crippen LogP contribution in [-0.2, 0) is 0 Å². The zero-order valence-corrected chi connectivity index (χ0v) is 15.6. The van der Waals surface area contributed by atoms with Crippen molar-refractivity contribution in [1.29, 1.82) is 0 Å². The normalized spacial score (nSPS) is 12.2. The molecule has 1 N–H and O–H groups in total. The van der Waals surface area contributed by atoms with E-state index in [1.54, 1.807) is 13.3 Å². The average molecular weight is 435 g/mol. The Kier molecular flexibility index (Phi) is 6.05. The summed E-state index contributed by atoms with van der Waals surface area (Å²) in [6.07, 6.45) is 3.60. The van der Waals surface area contributed by atoms with Gasteiger partial charge in [0.25, 0.3) is 0 Å². The minimum absolute atomic E-state index is 0.0510. The van der Waals surface area contributed by atoms with E-state index in [0.717, 1.165) is 32.4 Å². The first-order valence-corrected chi connectivity index (χ1v) is 8.40. The molecule has 0 spiro atoms. The molecule has 0 aliphatic carbocycles. The molecule has 2 aromatic rings. The van der Waals surface area contributed by atoms with Crippen LogP contribution in [0.2, 0.25) is 5.02 Å². The monoisotopic (exact) mass is 432 g/mol. The van der Waals surface area contributed by atoms with Crippen LogP contribution in [0.1, 0.15) is 24.1 Å². The minimum atomic E-state index is -0.0510. The predicted molar refractivity (Wildman–Crippen MR) is 93.2 cm³/mol. The molecule has 1 aromatic carbocycles. The van der Waals surface area contributed by atoms with Crippen LogP contribution >= 0.6 is 43.5 Å². The van der Waals surface area contributed by atoms with Crippen molar-refractivity contribution in [3.05, 3.63) is 55.7 Å². The van der Waals surface area contributed by atoms with Crippen LogP contribution in [0.25, 0.3) is 0 Å². The average Bonchev–Trinajstić information content (AvgIpc) is 2.44. The molecule has 1 unspecified atom stereocenters. The van der Waals surface area contributed by atoms with Crippen LogP contribution < -0.4 is 10.1 Å². The Balaban J connectivity index is 2.57. The highest BCUT2D eigenvalue weighted by molar-refractivity contribution is 9.10. The van der Waals surface area contributed by atoms with Crippen molar-refractivity contribution in [3.8, 4) is 5.75 Å². The van der Waals surface area contributed by atoms with Gasteiger partial charge in [0.15, 0.2) is 0 Å². The van der Waals surface area contributed by atoms with Gasteiger partial charge in [-0.25, -0.2) is 0 Å². The molecule has 3 nitrogen and oxygen atoms in total. The lowest BCUT2D eigenvalue weighted by Crippen LogP contribution is -2.23. The number of ether oxygens (including phenoxy) is 1. The summed E-state index contributed by atoms with van der Waals surface area (Å²) in [5.41, 5.74) is 2.01. The SMILES string of the molecule is CCNC(c1cncc(Br)c1)c1cc(Cl)cc(Br)c1OC. The highest BCUT2D eigenvalue weighted by Crippen LogP contribution is 2.38. The van der Waals surface area contributed by atoms with E-state index in [9.17, 15) is 0 Å². The Hall–Kier alpha value is -0.620. The molecule has 1 aromatic heterocycles. The van der Waals surface area contributed by atoms with E-state index in [1.165, 1.54) is 0 Å². The number of pyridine rings is 1. The standard InChI is InChI=1S/C15H15Br2ClN2O/c1-3-20-14(9-4-10(16)8-19-7-9)12-5-11(18)6-13(17)15(12)21-2/h4-8,14,20H,3H2,1-2H3. The van der Waals surface area contributed by atoms with Crippen LogP contribution in [0.4, 0.5) is 0 Å². The molecule has 1 heterocycles. The molecule has 1 atom stereocenters.